The Bertz CT molecular complexity index is 396. The van der Waals surface area contributed by atoms with E-state index in [1.165, 1.54) is 7.05 Å². The average Bonchev–Trinajstić information content (AvgIpc) is 2.15. The van der Waals surface area contributed by atoms with Gasteiger partial charge in [-0.15, -0.1) is 0 Å². The highest BCUT2D eigenvalue weighted by molar-refractivity contribution is 5.96. The third kappa shape index (κ3) is 2.88. The standard InChI is InChI=1S/C10H10F3NO2/c1-14(5-9(12)13)10(16)7-3-2-6(11)4-8(7)15/h2-4,9,15H,5H2,1H3. The number of hydrogen-bond acceptors (Lipinski definition) is 2. The smallest absolute Gasteiger partial charge is 0.257 e. The van der Waals surface area contributed by atoms with E-state index in [-0.39, 0.29) is 5.56 Å². The van der Waals surface area contributed by atoms with Gasteiger partial charge in [0.1, 0.15) is 11.6 Å². The number of nitrogens with zero attached hydrogens (tertiary/aromatic N) is 1. The minimum atomic E-state index is -2.66. The number of benzene rings is 1. The first-order chi connectivity index (χ1) is 7.41. The number of carbonyl (C=O) groups is 1. The second-order valence-corrected chi connectivity index (χ2v) is 3.24. The topological polar surface area (TPSA) is 40.5 Å². The second-order valence-electron chi connectivity index (χ2n) is 3.24. The van der Waals surface area contributed by atoms with Crippen molar-refractivity contribution in [3.05, 3.63) is 29.6 Å². The molecular formula is C10H10F3NO2. The molecule has 0 saturated carbocycles. The lowest BCUT2D eigenvalue weighted by Gasteiger charge is -2.16. The Hall–Kier alpha value is -1.72. The quantitative estimate of drug-likeness (QED) is 0.865. The minimum Gasteiger partial charge on any atom is -0.507 e. The molecule has 0 atom stereocenters. The van der Waals surface area contributed by atoms with Crippen molar-refractivity contribution in [2.24, 2.45) is 0 Å². The summed E-state index contributed by atoms with van der Waals surface area (Å²) in [5, 5.41) is 9.27. The lowest BCUT2D eigenvalue weighted by atomic mass is 10.1. The third-order valence-electron chi connectivity index (χ3n) is 1.95. The van der Waals surface area contributed by atoms with Gasteiger partial charge in [0.25, 0.3) is 12.3 Å². The van der Waals surface area contributed by atoms with Gasteiger partial charge in [0.05, 0.1) is 12.1 Å². The Kier molecular flexibility index (Phi) is 3.76. The zero-order valence-corrected chi connectivity index (χ0v) is 8.45. The highest BCUT2D eigenvalue weighted by atomic mass is 19.3. The summed E-state index contributed by atoms with van der Waals surface area (Å²) in [6, 6.07) is 2.78. The van der Waals surface area contributed by atoms with Crippen molar-refractivity contribution in [3.63, 3.8) is 0 Å². The average molecular weight is 233 g/mol. The van der Waals surface area contributed by atoms with Gasteiger partial charge in [-0.25, -0.2) is 13.2 Å². The number of phenols is 1. The first kappa shape index (κ1) is 12.4. The first-order valence-electron chi connectivity index (χ1n) is 4.44. The van der Waals surface area contributed by atoms with Crippen LogP contribution in [0.4, 0.5) is 13.2 Å². The van der Waals surface area contributed by atoms with E-state index in [4.69, 9.17) is 0 Å². The SMILES string of the molecule is CN(CC(F)F)C(=O)c1ccc(F)cc1O. The molecule has 0 heterocycles. The summed E-state index contributed by atoms with van der Waals surface area (Å²) >= 11 is 0. The number of phenolic OH excluding ortho intramolecular Hbond substituents is 1. The number of carbonyl (C=O) groups excluding carboxylic acids is 1. The van der Waals surface area contributed by atoms with Crippen molar-refractivity contribution in [1.29, 1.82) is 0 Å². The summed E-state index contributed by atoms with van der Waals surface area (Å²) in [5.74, 6) is -2.05. The predicted molar refractivity (Wildman–Crippen MR) is 51.0 cm³/mol. The van der Waals surface area contributed by atoms with Crippen LogP contribution in [0.15, 0.2) is 18.2 Å². The highest BCUT2D eigenvalue weighted by Gasteiger charge is 2.18. The van der Waals surface area contributed by atoms with E-state index in [0.29, 0.717) is 0 Å². The molecule has 0 fully saturated rings. The van der Waals surface area contributed by atoms with Crippen molar-refractivity contribution < 1.29 is 23.1 Å². The maximum atomic E-state index is 12.6. The van der Waals surface area contributed by atoms with Crippen LogP contribution in [0.3, 0.4) is 0 Å². The number of rotatable bonds is 3. The molecule has 1 rings (SSSR count). The number of alkyl halides is 2. The van der Waals surface area contributed by atoms with E-state index in [1.807, 2.05) is 0 Å². The van der Waals surface area contributed by atoms with Gasteiger partial charge in [-0.2, -0.15) is 0 Å². The maximum absolute atomic E-state index is 12.6. The van der Waals surface area contributed by atoms with Crippen LogP contribution < -0.4 is 0 Å². The normalized spacial score (nSPS) is 10.6. The molecule has 3 nitrogen and oxygen atoms in total. The molecule has 1 aromatic carbocycles. The van der Waals surface area contributed by atoms with Crippen molar-refractivity contribution in [2.75, 3.05) is 13.6 Å². The third-order valence-corrected chi connectivity index (χ3v) is 1.95. The monoisotopic (exact) mass is 233 g/mol. The Morgan fingerprint density at radius 1 is 1.50 bits per heavy atom. The molecule has 1 aromatic rings. The van der Waals surface area contributed by atoms with E-state index in [9.17, 15) is 23.1 Å². The van der Waals surface area contributed by atoms with Gasteiger partial charge in [0.2, 0.25) is 0 Å². The molecule has 0 saturated heterocycles. The zero-order valence-electron chi connectivity index (χ0n) is 8.45. The largest absolute Gasteiger partial charge is 0.507 e. The van der Waals surface area contributed by atoms with E-state index in [0.717, 1.165) is 23.1 Å². The number of hydrogen-bond donors (Lipinski definition) is 1. The Labute approximate surface area is 90.1 Å². The molecule has 1 N–H and O–H groups in total. The number of aromatic hydroxyl groups is 1. The fraction of sp³-hybridized carbons (Fsp3) is 0.300. The summed E-state index contributed by atoms with van der Waals surface area (Å²) < 4.78 is 36.6. The summed E-state index contributed by atoms with van der Waals surface area (Å²) in [6.07, 6.45) is -2.66. The van der Waals surface area contributed by atoms with Gasteiger partial charge in [-0.3, -0.25) is 4.79 Å². The molecule has 0 spiro atoms. The Morgan fingerprint density at radius 3 is 2.62 bits per heavy atom. The summed E-state index contributed by atoms with van der Waals surface area (Å²) in [5.41, 5.74) is -0.204. The van der Waals surface area contributed by atoms with Crippen LogP contribution in [0.2, 0.25) is 0 Å². The minimum absolute atomic E-state index is 0.204. The van der Waals surface area contributed by atoms with E-state index in [1.54, 1.807) is 0 Å². The molecule has 0 aliphatic rings. The molecule has 0 radical (unpaired) electrons. The first-order valence-corrected chi connectivity index (χ1v) is 4.44. The van der Waals surface area contributed by atoms with Crippen molar-refractivity contribution in [3.8, 4) is 5.75 Å². The highest BCUT2D eigenvalue weighted by Crippen LogP contribution is 2.19. The molecule has 0 aliphatic heterocycles. The molecule has 1 amide bonds. The van der Waals surface area contributed by atoms with Crippen LogP contribution in [0.25, 0.3) is 0 Å². The Morgan fingerprint density at radius 2 is 2.12 bits per heavy atom. The van der Waals surface area contributed by atoms with Gasteiger partial charge >= 0.3 is 0 Å². The number of amides is 1. The molecule has 16 heavy (non-hydrogen) atoms. The molecule has 6 heteroatoms. The lowest BCUT2D eigenvalue weighted by molar-refractivity contribution is 0.0617. The van der Waals surface area contributed by atoms with Crippen LogP contribution in [0.5, 0.6) is 5.75 Å². The van der Waals surface area contributed by atoms with E-state index in [2.05, 4.69) is 0 Å². The molecule has 88 valence electrons. The second kappa shape index (κ2) is 4.87. The van der Waals surface area contributed by atoms with Gasteiger partial charge in [-0.05, 0) is 12.1 Å². The van der Waals surface area contributed by atoms with Gasteiger partial charge in [-0.1, -0.05) is 0 Å². The number of halogens is 3. The van der Waals surface area contributed by atoms with Crippen molar-refractivity contribution in [2.45, 2.75) is 6.43 Å². The van der Waals surface area contributed by atoms with Gasteiger partial charge in [0.15, 0.2) is 0 Å². The molecule has 0 bridgehead atoms. The molecule has 0 unspecified atom stereocenters. The molecule has 0 aliphatic carbocycles. The van der Waals surface area contributed by atoms with Crippen molar-refractivity contribution in [1.82, 2.24) is 4.90 Å². The van der Waals surface area contributed by atoms with Crippen LogP contribution >= 0.6 is 0 Å². The predicted octanol–water partition coefficient (Wildman–Crippen LogP) is 1.87. The fourth-order valence-corrected chi connectivity index (χ4v) is 1.18. The lowest BCUT2D eigenvalue weighted by Crippen LogP contribution is -2.31. The van der Waals surface area contributed by atoms with Gasteiger partial charge < -0.3 is 10.0 Å². The van der Waals surface area contributed by atoms with Crippen LogP contribution in [0, 0.1) is 5.82 Å². The molecular weight excluding hydrogens is 223 g/mol. The van der Waals surface area contributed by atoms with Crippen LogP contribution in [0.1, 0.15) is 10.4 Å². The van der Waals surface area contributed by atoms with Crippen LogP contribution in [-0.2, 0) is 0 Å². The van der Waals surface area contributed by atoms with Crippen molar-refractivity contribution >= 4 is 5.91 Å². The summed E-state index contributed by atoms with van der Waals surface area (Å²) in [4.78, 5) is 12.3. The van der Waals surface area contributed by atoms with E-state index >= 15 is 0 Å². The summed E-state index contributed by atoms with van der Waals surface area (Å²) in [6.45, 7) is -0.740. The zero-order chi connectivity index (χ0) is 12.3. The fourth-order valence-electron chi connectivity index (χ4n) is 1.18. The summed E-state index contributed by atoms with van der Waals surface area (Å²) in [7, 11) is 1.18. The van der Waals surface area contributed by atoms with Gasteiger partial charge in [0, 0.05) is 13.1 Å². The van der Waals surface area contributed by atoms with E-state index < -0.39 is 30.4 Å². The molecule has 0 aromatic heterocycles. The maximum Gasteiger partial charge on any atom is 0.257 e. The Balaban J connectivity index is 2.88. The van der Waals surface area contributed by atoms with Crippen LogP contribution in [-0.4, -0.2) is 35.9 Å².